The number of benzene rings is 3. The van der Waals surface area contributed by atoms with Crippen molar-refractivity contribution < 1.29 is 4.39 Å². The molecule has 3 nitrogen and oxygen atoms in total. The molecule has 4 aromatic rings. The van der Waals surface area contributed by atoms with Gasteiger partial charge in [0.1, 0.15) is 5.82 Å². The topological polar surface area (TPSA) is 28.2 Å². The van der Waals surface area contributed by atoms with Crippen LogP contribution in [0.5, 0.6) is 0 Å². The Morgan fingerprint density at radius 1 is 1.03 bits per heavy atom. The lowest BCUT2D eigenvalue weighted by atomic mass is 10.0. The Kier molecular flexibility index (Phi) is 5.92. The third kappa shape index (κ3) is 4.33. The Labute approximate surface area is 179 Å². The van der Waals surface area contributed by atoms with Gasteiger partial charge < -0.3 is 9.03 Å². The molecule has 3 aromatic carbocycles. The highest BCUT2D eigenvalue weighted by atomic mass is 32.2. The molecular weight excluding hydrogens is 401 g/mol. The lowest BCUT2D eigenvalue weighted by Crippen LogP contribution is -2.08. The number of nitrogens with one attached hydrogen (secondary N) is 1. The predicted octanol–water partition coefficient (Wildman–Crippen LogP) is 6.83. The summed E-state index contributed by atoms with van der Waals surface area (Å²) in [5.41, 5.74) is 2.99. The summed E-state index contributed by atoms with van der Waals surface area (Å²) < 4.78 is 19.8. The van der Waals surface area contributed by atoms with Gasteiger partial charge in [0.2, 0.25) is 0 Å². The molecule has 0 aliphatic rings. The van der Waals surface area contributed by atoms with Crippen molar-refractivity contribution in [3.8, 4) is 11.3 Å². The minimum atomic E-state index is -0.290. The standard InChI is InChI=1S/C23H20FN3S2/c1-2-27(28)18-8-10-19(11-9-18)29-26-17-7-12-22(24)21(15-17)23-20-6-4-3-5-16(20)13-14-25-23/h3-15,26,28H,2H2,1H3. The molecule has 0 saturated heterocycles. The van der Waals surface area contributed by atoms with Gasteiger partial charge in [0, 0.05) is 40.0 Å². The summed E-state index contributed by atoms with van der Waals surface area (Å²) in [5.74, 6) is -0.290. The van der Waals surface area contributed by atoms with Crippen LogP contribution in [0.4, 0.5) is 15.8 Å². The molecule has 1 heterocycles. The molecule has 0 amide bonds. The van der Waals surface area contributed by atoms with Crippen LogP contribution in [0.2, 0.25) is 0 Å². The molecule has 29 heavy (non-hydrogen) atoms. The molecule has 1 N–H and O–H groups in total. The maximum absolute atomic E-state index is 14.6. The number of rotatable bonds is 6. The number of aromatic nitrogens is 1. The summed E-state index contributed by atoms with van der Waals surface area (Å²) in [6.07, 6.45) is 1.72. The van der Waals surface area contributed by atoms with Crippen LogP contribution in [0.3, 0.4) is 0 Å². The molecular formula is C23H20FN3S2. The van der Waals surface area contributed by atoms with Gasteiger partial charge in [-0.15, -0.1) is 0 Å². The number of hydrogen-bond acceptors (Lipinski definition) is 5. The predicted molar refractivity (Wildman–Crippen MR) is 125 cm³/mol. The van der Waals surface area contributed by atoms with E-state index in [1.165, 1.54) is 18.0 Å². The van der Waals surface area contributed by atoms with E-state index in [-0.39, 0.29) is 5.82 Å². The first-order valence-electron chi connectivity index (χ1n) is 9.28. The van der Waals surface area contributed by atoms with E-state index in [1.54, 1.807) is 18.3 Å². The van der Waals surface area contributed by atoms with Crippen LogP contribution in [0.25, 0.3) is 22.0 Å². The van der Waals surface area contributed by atoms with Gasteiger partial charge in [0.05, 0.1) is 5.69 Å². The summed E-state index contributed by atoms with van der Waals surface area (Å²) in [6.45, 7) is 2.88. The van der Waals surface area contributed by atoms with Gasteiger partial charge in [-0.3, -0.25) is 4.98 Å². The van der Waals surface area contributed by atoms with Crippen molar-refractivity contribution >= 4 is 46.9 Å². The number of thiol groups is 1. The fourth-order valence-corrected chi connectivity index (χ4v) is 3.86. The molecule has 0 bridgehead atoms. The number of halogens is 1. The van der Waals surface area contributed by atoms with Crippen LogP contribution in [0, 0.1) is 5.82 Å². The van der Waals surface area contributed by atoms with E-state index in [0.717, 1.165) is 33.6 Å². The Balaban J connectivity index is 1.57. The van der Waals surface area contributed by atoms with Crippen LogP contribution in [-0.2, 0) is 0 Å². The molecule has 0 spiro atoms. The zero-order valence-electron chi connectivity index (χ0n) is 15.8. The number of anilines is 2. The van der Waals surface area contributed by atoms with E-state index in [1.807, 2.05) is 65.8 Å². The normalized spacial score (nSPS) is 10.9. The van der Waals surface area contributed by atoms with Crippen LogP contribution < -0.4 is 9.03 Å². The van der Waals surface area contributed by atoms with Crippen LogP contribution in [0.15, 0.2) is 83.9 Å². The molecule has 0 fully saturated rings. The number of pyridine rings is 1. The second kappa shape index (κ2) is 8.76. The van der Waals surface area contributed by atoms with Gasteiger partial charge in [0.25, 0.3) is 0 Å². The van der Waals surface area contributed by atoms with E-state index in [9.17, 15) is 4.39 Å². The van der Waals surface area contributed by atoms with Gasteiger partial charge in [-0.1, -0.05) is 37.1 Å². The molecule has 0 aliphatic carbocycles. The second-order valence-electron chi connectivity index (χ2n) is 6.49. The summed E-state index contributed by atoms with van der Waals surface area (Å²) in [5, 5.41) is 1.97. The zero-order valence-corrected chi connectivity index (χ0v) is 17.6. The quantitative estimate of drug-likeness (QED) is 0.264. The average Bonchev–Trinajstić information content (AvgIpc) is 2.78. The maximum atomic E-state index is 14.6. The Morgan fingerprint density at radius 2 is 1.83 bits per heavy atom. The molecule has 0 atom stereocenters. The van der Waals surface area contributed by atoms with Crippen molar-refractivity contribution in [1.29, 1.82) is 0 Å². The van der Waals surface area contributed by atoms with Crippen LogP contribution in [-0.4, -0.2) is 11.5 Å². The highest BCUT2D eigenvalue weighted by molar-refractivity contribution is 8.00. The fourth-order valence-electron chi connectivity index (χ4n) is 3.09. The van der Waals surface area contributed by atoms with Gasteiger partial charge >= 0.3 is 0 Å². The Bertz CT molecular complexity index is 1130. The number of hydrogen-bond donors (Lipinski definition) is 2. The smallest absolute Gasteiger partial charge is 0.132 e. The van der Waals surface area contributed by atoms with E-state index in [0.29, 0.717) is 11.3 Å². The monoisotopic (exact) mass is 421 g/mol. The summed E-state index contributed by atoms with van der Waals surface area (Å²) >= 11 is 5.89. The average molecular weight is 422 g/mol. The first kappa shape index (κ1) is 19.6. The zero-order chi connectivity index (χ0) is 20.2. The Hall–Kier alpha value is -2.70. The van der Waals surface area contributed by atoms with Crippen molar-refractivity contribution in [2.45, 2.75) is 11.8 Å². The largest absolute Gasteiger partial charge is 0.326 e. The van der Waals surface area contributed by atoms with E-state index in [4.69, 9.17) is 0 Å². The van der Waals surface area contributed by atoms with Crippen molar-refractivity contribution in [2.75, 3.05) is 15.6 Å². The third-order valence-corrected chi connectivity index (χ3v) is 5.98. The summed E-state index contributed by atoms with van der Waals surface area (Å²) in [4.78, 5) is 5.50. The first-order valence-corrected chi connectivity index (χ1v) is 10.5. The summed E-state index contributed by atoms with van der Waals surface area (Å²) in [6, 6.07) is 22.9. The number of nitrogens with zero attached hydrogens (tertiary/aromatic N) is 2. The molecule has 0 aliphatic heterocycles. The first-order chi connectivity index (χ1) is 14.2. The van der Waals surface area contributed by atoms with Crippen molar-refractivity contribution in [3.05, 3.63) is 84.8 Å². The van der Waals surface area contributed by atoms with Gasteiger partial charge in [-0.05, 0) is 72.8 Å². The number of fused-ring (bicyclic) bond motifs is 1. The highest BCUT2D eigenvalue weighted by Crippen LogP contribution is 2.32. The molecule has 0 unspecified atom stereocenters. The minimum absolute atomic E-state index is 0.290. The molecule has 6 heteroatoms. The van der Waals surface area contributed by atoms with Gasteiger partial charge in [0.15, 0.2) is 0 Å². The van der Waals surface area contributed by atoms with E-state index in [2.05, 4.69) is 22.5 Å². The highest BCUT2D eigenvalue weighted by Gasteiger charge is 2.11. The maximum Gasteiger partial charge on any atom is 0.132 e. The van der Waals surface area contributed by atoms with Gasteiger partial charge in [-0.25, -0.2) is 4.39 Å². The lowest BCUT2D eigenvalue weighted by molar-refractivity contribution is 0.631. The Morgan fingerprint density at radius 3 is 2.62 bits per heavy atom. The van der Waals surface area contributed by atoms with Crippen molar-refractivity contribution in [3.63, 3.8) is 0 Å². The van der Waals surface area contributed by atoms with E-state index < -0.39 is 0 Å². The van der Waals surface area contributed by atoms with Crippen LogP contribution >= 0.6 is 24.8 Å². The molecule has 4 rings (SSSR count). The van der Waals surface area contributed by atoms with Crippen molar-refractivity contribution in [2.24, 2.45) is 0 Å². The summed E-state index contributed by atoms with van der Waals surface area (Å²) in [7, 11) is 0. The molecule has 0 radical (unpaired) electrons. The molecule has 0 saturated carbocycles. The van der Waals surface area contributed by atoms with Crippen LogP contribution in [0.1, 0.15) is 6.92 Å². The lowest BCUT2D eigenvalue weighted by Gasteiger charge is -2.15. The minimum Gasteiger partial charge on any atom is -0.326 e. The van der Waals surface area contributed by atoms with Gasteiger partial charge in [-0.2, -0.15) is 0 Å². The second-order valence-corrected chi connectivity index (χ2v) is 7.85. The van der Waals surface area contributed by atoms with E-state index >= 15 is 0 Å². The fraction of sp³-hybridized carbons (Fsp3) is 0.0870. The molecule has 146 valence electrons. The van der Waals surface area contributed by atoms with Crippen molar-refractivity contribution in [1.82, 2.24) is 4.98 Å². The molecule has 1 aromatic heterocycles. The SMILES string of the molecule is CCN(S)c1ccc(SNc2ccc(F)c(-c3nccc4ccccc34)c2)cc1. The third-order valence-electron chi connectivity index (χ3n) is 4.62.